The fourth-order valence-corrected chi connectivity index (χ4v) is 4.28. The van der Waals surface area contributed by atoms with Crippen LogP contribution in [0.15, 0.2) is 64.8 Å². The van der Waals surface area contributed by atoms with Crippen LogP contribution in [0.3, 0.4) is 0 Å². The Labute approximate surface area is 182 Å². The van der Waals surface area contributed by atoms with Crippen molar-refractivity contribution in [2.24, 2.45) is 0 Å². The summed E-state index contributed by atoms with van der Waals surface area (Å²) >= 11 is 3.40. The quantitative estimate of drug-likeness (QED) is 0.722. The maximum atomic E-state index is 13.1. The van der Waals surface area contributed by atoms with E-state index in [9.17, 15) is 14.4 Å². The number of hydrogen-bond donors (Lipinski definition) is 2. The number of rotatable bonds is 4. The summed E-state index contributed by atoms with van der Waals surface area (Å²) in [7, 11) is 1.74. The van der Waals surface area contributed by atoms with E-state index in [0.29, 0.717) is 11.3 Å². The first-order valence-corrected chi connectivity index (χ1v) is 10.3. The molecule has 154 valence electrons. The summed E-state index contributed by atoms with van der Waals surface area (Å²) < 4.78 is 0.918. The maximum absolute atomic E-state index is 13.1. The molecule has 4 amide bonds. The van der Waals surface area contributed by atoms with Gasteiger partial charge in [-0.1, -0.05) is 46.3 Å². The number of imide groups is 1. The smallest absolute Gasteiger partial charge is 0.325 e. The van der Waals surface area contributed by atoms with Gasteiger partial charge in [0.2, 0.25) is 0 Å². The number of halogens is 1. The molecule has 30 heavy (non-hydrogen) atoms. The second-order valence-electron chi connectivity index (χ2n) is 7.45. The highest BCUT2D eigenvalue weighted by atomic mass is 79.9. The Bertz CT molecular complexity index is 1050. The molecule has 2 aliphatic rings. The minimum absolute atomic E-state index is 0.183. The second-order valence-corrected chi connectivity index (χ2v) is 8.36. The zero-order chi connectivity index (χ0) is 21.4. The van der Waals surface area contributed by atoms with E-state index in [0.717, 1.165) is 15.6 Å². The monoisotopic (exact) mass is 468 g/mol. The predicted octanol–water partition coefficient (Wildman–Crippen LogP) is 3.01. The van der Waals surface area contributed by atoms with Crippen LogP contribution in [-0.2, 0) is 16.1 Å². The summed E-state index contributed by atoms with van der Waals surface area (Å²) in [5.41, 5.74) is 2.79. The molecular formula is C22H21BrN4O3. The van der Waals surface area contributed by atoms with Crippen molar-refractivity contribution < 1.29 is 14.4 Å². The SMILES string of the molecule is Cc1cc(Br)ccc1NC(=O)C1=CN(C)C2C(=O)N(Cc3ccccc3)C(=O)NC12. The van der Waals surface area contributed by atoms with Gasteiger partial charge in [-0.25, -0.2) is 4.79 Å². The van der Waals surface area contributed by atoms with E-state index in [1.54, 1.807) is 24.2 Å². The van der Waals surface area contributed by atoms with E-state index in [1.165, 1.54) is 4.90 Å². The van der Waals surface area contributed by atoms with Gasteiger partial charge >= 0.3 is 6.03 Å². The van der Waals surface area contributed by atoms with Crippen molar-refractivity contribution in [3.8, 4) is 0 Å². The molecule has 0 aromatic heterocycles. The topological polar surface area (TPSA) is 81.8 Å². The van der Waals surface area contributed by atoms with Crippen LogP contribution in [0.2, 0.25) is 0 Å². The van der Waals surface area contributed by atoms with E-state index in [4.69, 9.17) is 0 Å². The van der Waals surface area contributed by atoms with Crippen LogP contribution in [0.25, 0.3) is 0 Å². The molecule has 2 unspecified atom stereocenters. The molecule has 0 bridgehead atoms. The van der Waals surface area contributed by atoms with Crippen molar-refractivity contribution in [3.05, 3.63) is 75.9 Å². The maximum Gasteiger partial charge on any atom is 0.325 e. The highest BCUT2D eigenvalue weighted by molar-refractivity contribution is 9.10. The average Bonchev–Trinajstić information content (AvgIpc) is 3.04. The predicted molar refractivity (Wildman–Crippen MR) is 116 cm³/mol. The largest absolute Gasteiger partial charge is 0.366 e. The number of benzene rings is 2. The summed E-state index contributed by atoms with van der Waals surface area (Å²) in [4.78, 5) is 41.6. The zero-order valence-corrected chi connectivity index (χ0v) is 18.1. The van der Waals surface area contributed by atoms with Crippen molar-refractivity contribution in [1.82, 2.24) is 15.1 Å². The van der Waals surface area contributed by atoms with Gasteiger partial charge in [0.15, 0.2) is 0 Å². The first-order chi connectivity index (χ1) is 14.3. The lowest BCUT2D eigenvalue weighted by atomic mass is 9.99. The summed E-state index contributed by atoms with van der Waals surface area (Å²) in [6.07, 6.45) is 1.63. The molecule has 1 fully saturated rings. The molecule has 2 aliphatic heterocycles. The Morgan fingerprint density at radius 3 is 2.60 bits per heavy atom. The van der Waals surface area contributed by atoms with Gasteiger partial charge in [0, 0.05) is 23.4 Å². The van der Waals surface area contributed by atoms with Crippen molar-refractivity contribution in [2.45, 2.75) is 25.6 Å². The van der Waals surface area contributed by atoms with Crippen LogP contribution < -0.4 is 10.6 Å². The van der Waals surface area contributed by atoms with Crippen LogP contribution >= 0.6 is 15.9 Å². The van der Waals surface area contributed by atoms with E-state index < -0.39 is 18.1 Å². The van der Waals surface area contributed by atoms with Crippen molar-refractivity contribution >= 4 is 39.5 Å². The average molecular weight is 469 g/mol. The molecule has 1 saturated heterocycles. The third-order valence-corrected chi connectivity index (χ3v) is 5.85. The molecule has 2 aromatic rings. The number of carbonyl (C=O) groups excluding carboxylic acids is 3. The number of likely N-dealkylation sites (N-methyl/N-ethyl adjacent to an activating group) is 1. The summed E-state index contributed by atoms with van der Waals surface area (Å²) in [6.45, 7) is 2.08. The lowest BCUT2D eigenvalue weighted by Gasteiger charge is -2.37. The Kier molecular flexibility index (Phi) is 5.34. The summed E-state index contributed by atoms with van der Waals surface area (Å²) in [5.74, 6) is -0.668. The third kappa shape index (κ3) is 3.70. The van der Waals surface area contributed by atoms with Gasteiger partial charge in [-0.15, -0.1) is 0 Å². The molecule has 4 rings (SSSR count). The van der Waals surface area contributed by atoms with E-state index in [2.05, 4.69) is 26.6 Å². The highest BCUT2D eigenvalue weighted by Crippen LogP contribution is 2.29. The van der Waals surface area contributed by atoms with Crippen LogP contribution in [0.1, 0.15) is 11.1 Å². The van der Waals surface area contributed by atoms with Gasteiger partial charge in [-0.3, -0.25) is 14.5 Å². The number of aryl methyl sites for hydroxylation is 1. The number of nitrogens with one attached hydrogen (secondary N) is 2. The highest BCUT2D eigenvalue weighted by Gasteiger charge is 2.49. The Morgan fingerprint density at radius 1 is 1.17 bits per heavy atom. The molecule has 2 heterocycles. The fourth-order valence-electron chi connectivity index (χ4n) is 3.81. The second kappa shape index (κ2) is 7.95. The molecule has 0 spiro atoms. The number of hydrogen-bond acceptors (Lipinski definition) is 4. The number of anilines is 1. The first-order valence-electron chi connectivity index (χ1n) is 9.52. The van der Waals surface area contributed by atoms with Gasteiger partial charge in [0.05, 0.1) is 18.2 Å². The standard InChI is InChI=1S/C22H21BrN4O3/c1-13-10-15(23)8-9-17(13)24-20(28)16-12-26(2)19-18(16)25-22(30)27(21(19)29)11-14-6-4-3-5-7-14/h3-10,12,18-19H,11H2,1-2H3,(H,24,28)(H,25,30). The fraction of sp³-hybridized carbons (Fsp3) is 0.227. The van der Waals surface area contributed by atoms with Crippen LogP contribution in [0.4, 0.5) is 10.5 Å². The molecule has 2 atom stereocenters. The van der Waals surface area contributed by atoms with Crippen molar-refractivity contribution in [3.63, 3.8) is 0 Å². The molecule has 8 heteroatoms. The van der Waals surface area contributed by atoms with E-state index in [-0.39, 0.29) is 18.4 Å². The van der Waals surface area contributed by atoms with E-state index >= 15 is 0 Å². The lowest BCUT2D eigenvalue weighted by Crippen LogP contribution is -2.64. The Balaban J connectivity index is 1.53. The van der Waals surface area contributed by atoms with Crippen molar-refractivity contribution in [2.75, 3.05) is 12.4 Å². The minimum atomic E-state index is -0.697. The number of fused-ring (bicyclic) bond motifs is 1. The number of nitrogens with zero attached hydrogens (tertiary/aromatic N) is 2. The number of amides is 4. The Hall–Kier alpha value is -3.13. The van der Waals surface area contributed by atoms with Crippen LogP contribution in [-0.4, -0.2) is 46.8 Å². The molecule has 2 aromatic carbocycles. The lowest BCUT2D eigenvalue weighted by molar-refractivity contribution is -0.134. The van der Waals surface area contributed by atoms with Gasteiger partial charge in [-0.2, -0.15) is 0 Å². The minimum Gasteiger partial charge on any atom is -0.366 e. The zero-order valence-electron chi connectivity index (χ0n) is 16.6. The summed E-state index contributed by atoms with van der Waals surface area (Å²) in [5, 5.41) is 5.72. The molecular weight excluding hydrogens is 448 g/mol. The Morgan fingerprint density at radius 2 is 1.90 bits per heavy atom. The number of urea groups is 1. The normalized spacial score (nSPS) is 20.6. The summed E-state index contributed by atoms with van der Waals surface area (Å²) in [6, 6.07) is 13.0. The van der Waals surface area contributed by atoms with Gasteiger partial charge in [-0.05, 0) is 36.2 Å². The third-order valence-electron chi connectivity index (χ3n) is 5.36. The first kappa shape index (κ1) is 20.2. The van der Waals surface area contributed by atoms with Crippen LogP contribution in [0, 0.1) is 6.92 Å². The van der Waals surface area contributed by atoms with Crippen molar-refractivity contribution in [1.29, 1.82) is 0 Å². The molecule has 7 nitrogen and oxygen atoms in total. The van der Waals surface area contributed by atoms with Gasteiger partial charge in [0.25, 0.3) is 11.8 Å². The van der Waals surface area contributed by atoms with E-state index in [1.807, 2.05) is 49.4 Å². The molecule has 0 aliphatic carbocycles. The van der Waals surface area contributed by atoms with Crippen LogP contribution in [0.5, 0.6) is 0 Å². The molecule has 0 saturated carbocycles. The molecule has 0 radical (unpaired) electrons. The van der Waals surface area contributed by atoms with Gasteiger partial charge in [0.1, 0.15) is 6.04 Å². The van der Waals surface area contributed by atoms with Gasteiger partial charge < -0.3 is 15.5 Å². The molecule has 2 N–H and O–H groups in total. The number of carbonyl (C=O) groups is 3.